The van der Waals surface area contributed by atoms with Gasteiger partial charge in [0, 0.05) is 12.6 Å². The normalized spacial score (nSPS) is 11.8. The summed E-state index contributed by atoms with van der Waals surface area (Å²) in [6.45, 7) is 5.47. The molecule has 0 unspecified atom stereocenters. The Kier molecular flexibility index (Phi) is 6.78. The Morgan fingerprint density at radius 2 is 2.05 bits per heavy atom. The highest BCUT2D eigenvalue weighted by Crippen LogP contribution is 2.05. The first kappa shape index (κ1) is 15.3. The molecule has 1 aromatic rings. The van der Waals surface area contributed by atoms with Gasteiger partial charge >= 0.3 is 0 Å². The molecule has 0 aliphatic heterocycles. The van der Waals surface area contributed by atoms with Crippen LogP contribution in [0.2, 0.25) is 0 Å². The molecule has 0 spiro atoms. The number of hydrogen-bond acceptors (Lipinski definition) is 5. The molecule has 0 saturated carbocycles. The van der Waals surface area contributed by atoms with Gasteiger partial charge in [0.1, 0.15) is 0 Å². The van der Waals surface area contributed by atoms with Crippen LogP contribution in [0, 0.1) is 0 Å². The van der Waals surface area contributed by atoms with E-state index in [1.807, 2.05) is 0 Å². The van der Waals surface area contributed by atoms with Crippen molar-refractivity contribution in [3.05, 3.63) is 11.6 Å². The van der Waals surface area contributed by atoms with E-state index in [0.717, 1.165) is 36.8 Å². The van der Waals surface area contributed by atoms with Crippen molar-refractivity contribution < 1.29 is 9.94 Å². The van der Waals surface area contributed by atoms with Crippen molar-refractivity contribution in [2.45, 2.75) is 46.0 Å². The molecular formula is C13H24N4O2. The topological polar surface area (TPSA) is 85.7 Å². The fourth-order valence-corrected chi connectivity index (χ4v) is 1.54. The maximum absolute atomic E-state index is 9.73. The molecule has 1 rings (SSSR count). The van der Waals surface area contributed by atoms with Crippen LogP contribution in [0.3, 0.4) is 0 Å². The van der Waals surface area contributed by atoms with Gasteiger partial charge in [-0.15, -0.1) is 4.73 Å². The number of ether oxygens (including phenoxy) is 1. The van der Waals surface area contributed by atoms with Gasteiger partial charge in [-0.1, -0.05) is 33.1 Å². The zero-order valence-corrected chi connectivity index (χ0v) is 11.8. The summed E-state index contributed by atoms with van der Waals surface area (Å²) in [5, 5.41) is 9.73. The van der Waals surface area contributed by atoms with Crippen LogP contribution < -0.4 is 16.0 Å². The zero-order chi connectivity index (χ0) is 14.1. The summed E-state index contributed by atoms with van der Waals surface area (Å²) in [4.78, 5) is 8.26. The van der Waals surface area contributed by atoms with Gasteiger partial charge in [0.25, 0.3) is 0 Å². The molecule has 0 aromatic carbocycles. The molecule has 19 heavy (non-hydrogen) atoms. The average molecular weight is 268 g/mol. The van der Waals surface area contributed by atoms with E-state index in [1.54, 1.807) is 6.07 Å². The minimum Gasteiger partial charge on any atom is -0.477 e. The van der Waals surface area contributed by atoms with Gasteiger partial charge in [0.2, 0.25) is 11.8 Å². The zero-order valence-electron chi connectivity index (χ0n) is 11.8. The van der Waals surface area contributed by atoms with Crippen molar-refractivity contribution in [1.82, 2.24) is 9.71 Å². The van der Waals surface area contributed by atoms with Crippen LogP contribution in [-0.2, 0) is 0 Å². The molecule has 108 valence electrons. The molecular weight excluding hydrogens is 244 g/mol. The van der Waals surface area contributed by atoms with Crippen LogP contribution in [0.15, 0.2) is 11.1 Å². The Bertz CT molecular complexity index is 443. The fraction of sp³-hybridized carbons (Fsp3) is 0.692. The van der Waals surface area contributed by atoms with Gasteiger partial charge in [0.05, 0.1) is 6.61 Å². The van der Waals surface area contributed by atoms with Crippen molar-refractivity contribution >= 4 is 5.95 Å². The Balaban J connectivity index is 2.78. The standard InChI is InChI=1S/C13H24N4O2/c1-3-5-7-8-15-11-10-12(19-9-6-4-2)16-13(14)17(11)18/h10,18H,3-9H2,1-2H3,(H2,14,16). The summed E-state index contributed by atoms with van der Waals surface area (Å²) in [5.74, 6) is 0.397. The van der Waals surface area contributed by atoms with Crippen molar-refractivity contribution in [3.63, 3.8) is 0 Å². The fourth-order valence-electron chi connectivity index (χ4n) is 1.54. The Hall–Kier alpha value is -1.72. The summed E-state index contributed by atoms with van der Waals surface area (Å²) < 4.78 is 6.27. The first-order valence-electron chi connectivity index (χ1n) is 6.91. The predicted molar refractivity (Wildman–Crippen MR) is 74.2 cm³/mol. The lowest BCUT2D eigenvalue weighted by Gasteiger charge is -2.07. The molecule has 0 fully saturated rings. The molecule has 0 bridgehead atoms. The maximum atomic E-state index is 9.73. The summed E-state index contributed by atoms with van der Waals surface area (Å²) >= 11 is 0. The number of nitrogens with zero attached hydrogens (tertiary/aromatic N) is 3. The highest BCUT2D eigenvalue weighted by Gasteiger charge is 2.03. The smallest absolute Gasteiger partial charge is 0.239 e. The molecule has 3 N–H and O–H groups in total. The van der Waals surface area contributed by atoms with Crippen molar-refractivity contribution in [2.24, 2.45) is 4.99 Å². The number of anilines is 1. The third kappa shape index (κ3) is 5.19. The van der Waals surface area contributed by atoms with E-state index in [4.69, 9.17) is 10.5 Å². The molecule has 0 radical (unpaired) electrons. The number of hydrogen-bond donors (Lipinski definition) is 2. The van der Waals surface area contributed by atoms with Crippen molar-refractivity contribution in [3.8, 4) is 5.88 Å². The van der Waals surface area contributed by atoms with Crippen LogP contribution in [0.1, 0.15) is 46.0 Å². The SMILES string of the molecule is CCCCCN=c1cc(OCCCC)nc(N)n1O. The van der Waals surface area contributed by atoms with Gasteiger partial charge in [0.15, 0.2) is 5.49 Å². The minimum absolute atomic E-state index is 0.0109. The van der Waals surface area contributed by atoms with Gasteiger partial charge in [-0.05, 0) is 12.8 Å². The number of unbranched alkanes of at least 4 members (excludes halogenated alkanes) is 3. The summed E-state index contributed by atoms with van der Waals surface area (Å²) in [5.41, 5.74) is 6.00. The van der Waals surface area contributed by atoms with Crippen LogP contribution in [-0.4, -0.2) is 28.1 Å². The average Bonchev–Trinajstić information content (AvgIpc) is 2.40. The third-order valence-electron chi connectivity index (χ3n) is 2.69. The number of nitrogens with two attached hydrogens (primary N) is 1. The lowest BCUT2D eigenvalue weighted by molar-refractivity contribution is 0.171. The maximum Gasteiger partial charge on any atom is 0.239 e. The molecule has 0 aliphatic rings. The molecule has 0 aliphatic carbocycles. The van der Waals surface area contributed by atoms with E-state index in [2.05, 4.69) is 23.8 Å². The van der Waals surface area contributed by atoms with Crippen LogP contribution in [0.4, 0.5) is 5.95 Å². The van der Waals surface area contributed by atoms with Gasteiger partial charge in [-0.2, -0.15) is 4.98 Å². The molecule has 0 amide bonds. The predicted octanol–water partition coefficient (Wildman–Crippen LogP) is 1.97. The first-order chi connectivity index (χ1) is 9.19. The largest absolute Gasteiger partial charge is 0.477 e. The monoisotopic (exact) mass is 268 g/mol. The number of rotatable bonds is 8. The second kappa shape index (κ2) is 8.39. The molecule has 1 heterocycles. The van der Waals surface area contributed by atoms with Crippen LogP contribution in [0.25, 0.3) is 0 Å². The summed E-state index contributed by atoms with van der Waals surface area (Å²) in [6, 6.07) is 1.61. The van der Waals surface area contributed by atoms with Crippen molar-refractivity contribution in [2.75, 3.05) is 18.9 Å². The summed E-state index contributed by atoms with van der Waals surface area (Å²) in [7, 11) is 0. The molecule has 6 heteroatoms. The Labute approximate surface area is 113 Å². The van der Waals surface area contributed by atoms with E-state index in [1.165, 1.54) is 0 Å². The second-order valence-corrected chi connectivity index (χ2v) is 4.41. The lowest BCUT2D eigenvalue weighted by Crippen LogP contribution is -2.24. The van der Waals surface area contributed by atoms with Crippen molar-refractivity contribution in [1.29, 1.82) is 0 Å². The highest BCUT2D eigenvalue weighted by atomic mass is 16.5. The van der Waals surface area contributed by atoms with Crippen LogP contribution >= 0.6 is 0 Å². The highest BCUT2D eigenvalue weighted by molar-refractivity contribution is 5.21. The third-order valence-corrected chi connectivity index (χ3v) is 2.69. The van der Waals surface area contributed by atoms with E-state index in [0.29, 0.717) is 24.5 Å². The number of aromatic nitrogens is 2. The molecule has 0 saturated heterocycles. The van der Waals surface area contributed by atoms with E-state index in [-0.39, 0.29) is 5.95 Å². The lowest BCUT2D eigenvalue weighted by atomic mass is 10.2. The molecule has 0 atom stereocenters. The van der Waals surface area contributed by atoms with E-state index < -0.39 is 0 Å². The second-order valence-electron chi connectivity index (χ2n) is 4.41. The van der Waals surface area contributed by atoms with Gasteiger partial charge in [-0.25, -0.2) is 0 Å². The minimum atomic E-state index is -0.0109. The van der Waals surface area contributed by atoms with E-state index >= 15 is 0 Å². The first-order valence-corrected chi connectivity index (χ1v) is 6.91. The number of nitrogen functional groups attached to an aromatic ring is 1. The van der Waals surface area contributed by atoms with Gasteiger partial charge < -0.3 is 15.7 Å². The van der Waals surface area contributed by atoms with E-state index in [9.17, 15) is 5.21 Å². The summed E-state index contributed by atoms with van der Waals surface area (Å²) in [6.07, 6.45) is 5.26. The van der Waals surface area contributed by atoms with Crippen LogP contribution in [0.5, 0.6) is 5.88 Å². The molecule has 1 aromatic heterocycles. The Morgan fingerprint density at radius 1 is 1.32 bits per heavy atom. The Morgan fingerprint density at radius 3 is 2.74 bits per heavy atom. The quantitative estimate of drug-likeness (QED) is 0.557. The molecule has 6 nitrogen and oxygen atoms in total. The van der Waals surface area contributed by atoms with Gasteiger partial charge in [-0.3, -0.25) is 4.99 Å².